The Hall–Kier alpha value is -2.82. The molecule has 0 fully saturated rings. The number of amides is 1. The van der Waals surface area contributed by atoms with Crippen LogP contribution in [0.1, 0.15) is 28.8 Å². The second kappa shape index (κ2) is 8.15. The van der Waals surface area contributed by atoms with Crippen molar-refractivity contribution in [2.24, 2.45) is 0 Å². The molecule has 2 aromatic carbocycles. The molecule has 2 aromatic rings. The Labute approximate surface area is 141 Å². The zero-order valence-corrected chi connectivity index (χ0v) is 14.1. The van der Waals surface area contributed by atoms with E-state index in [4.69, 9.17) is 9.47 Å². The fourth-order valence-electron chi connectivity index (χ4n) is 2.34. The minimum absolute atomic E-state index is 0.0984. The standard InChI is InChI=1S/C19H21NO4/c1-13-5-4-6-14(11-13)20-19(22)10-8-17(21)16-12-15(23-2)7-9-18(16)24-3/h4-7,9,11-12H,8,10H2,1-3H3,(H,20,22). The van der Waals surface area contributed by atoms with Gasteiger partial charge in [0.05, 0.1) is 19.8 Å². The second-order valence-corrected chi connectivity index (χ2v) is 5.41. The molecule has 0 bridgehead atoms. The number of nitrogens with one attached hydrogen (secondary N) is 1. The lowest BCUT2D eigenvalue weighted by Crippen LogP contribution is -2.14. The predicted molar refractivity (Wildman–Crippen MR) is 92.9 cm³/mol. The molecule has 0 spiro atoms. The van der Waals surface area contributed by atoms with Crippen molar-refractivity contribution in [1.29, 1.82) is 0 Å². The van der Waals surface area contributed by atoms with Crippen LogP contribution in [0, 0.1) is 6.92 Å². The molecule has 126 valence electrons. The van der Waals surface area contributed by atoms with Crippen LogP contribution >= 0.6 is 0 Å². The van der Waals surface area contributed by atoms with Crippen molar-refractivity contribution >= 4 is 17.4 Å². The summed E-state index contributed by atoms with van der Waals surface area (Å²) in [4.78, 5) is 24.4. The average molecular weight is 327 g/mol. The van der Waals surface area contributed by atoms with Gasteiger partial charge in [-0.2, -0.15) is 0 Å². The third kappa shape index (κ3) is 4.59. The van der Waals surface area contributed by atoms with E-state index in [0.29, 0.717) is 17.1 Å². The van der Waals surface area contributed by atoms with Gasteiger partial charge in [0.2, 0.25) is 5.91 Å². The number of anilines is 1. The summed E-state index contributed by atoms with van der Waals surface area (Å²) in [6.07, 6.45) is 0.203. The Kier molecular flexibility index (Phi) is 5.95. The van der Waals surface area contributed by atoms with Crippen LogP contribution in [-0.2, 0) is 4.79 Å². The van der Waals surface area contributed by atoms with E-state index in [1.165, 1.54) is 14.2 Å². The fraction of sp³-hybridized carbons (Fsp3) is 0.263. The Morgan fingerprint density at radius 3 is 2.46 bits per heavy atom. The van der Waals surface area contributed by atoms with Crippen LogP contribution < -0.4 is 14.8 Å². The zero-order valence-electron chi connectivity index (χ0n) is 14.1. The Balaban J connectivity index is 1.98. The van der Waals surface area contributed by atoms with Crippen molar-refractivity contribution in [2.45, 2.75) is 19.8 Å². The zero-order chi connectivity index (χ0) is 17.5. The molecule has 24 heavy (non-hydrogen) atoms. The van der Waals surface area contributed by atoms with Gasteiger partial charge in [-0.15, -0.1) is 0 Å². The molecule has 0 saturated heterocycles. The highest BCUT2D eigenvalue weighted by Crippen LogP contribution is 2.25. The predicted octanol–water partition coefficient (Wildman–Crippen LogP) is 3.61. The fourth-order valence-corrected chi connectivity index (χ4v) is 2.34. The monoisotopic (exact) mass is 327 g/mol. The van der Waals surface area contributed by atoms with Gasteiger partial charge in [-0.25, -0.2) is 0 Å². The Bertz CT molecular complexity index is 740. The summed E-state index contributed by atoms with van der Waals surface area (Å²) < 4.78 is 10.3. The topological polar surface area (TPSA) is 64.6 Å². The molecule has 0 atom stereocenters. The highest BCUT2D eigenvalue weighted by Gasteiger charge is 2.15. The van der Waals surface area contributed by atoms with Crippen LogP contribution in [0.25, 0.3) is 0 Å². The van der Waals surface area contributed by atoms with Crippen LogP contribution in [0.15, 0.2) is 42.5 Å². The lowest BCUT2D eigenvalue weighted by molar-refractivity contribution is -0.116. The number of carbonyl (C=O) groups is 2. The van der Waals surface area contributed by atoms with Gasteiger partial charge in [-0.05, 0) is 42.8 Å². The first-order valence-electron chi connectivity index (χ1n) is 7.65. The molecule has 1 amide bonds. The minimum atomic E-state index is -0.198. The molecule has 0 aliphatic carbocycles. The van der Waals surface area contributed by atoms with Crippen LogP contribution in [-0.4, -0.2) is 25.9 Å². The van der Waals surface area contributed by atoms with Crippen molar-refractivity contribution in [3.8, 4) is 11.5 Å². The molecule has 0 unspecified atom stereocenters. The molecule has 0 aromatic heterocycles. The van der Waals surface area contributed by atoms with Crippen LogP contribution in [0.4, 0.5) is 5.69 Å². The first kappa shape index (κ1) is 17.5. The first-order chi connectivity index (χ1) is 11.5. The van der Waals surface area contributed by atoms with Gasteiger partial charge < -0.3 is 14.8 Å². The third-order valence-electron chi connectivity index (χ3n) is 3.59. The number of rotatable bonds is 7. The summed E-state index contributed by atoms with van der Waals surface area (Å²) in [6, 6.07) is 12.5. The number of Topliss-reactive ketones (excluding diaryl/α,β-unsaturated/α-hetero) is 1. The Morgan fingerprint density at radius 1 is 1.00 bits per heavy atom. The van der Waals surface area contributed by atoms with Crippen molar-refractivity contribution in [3.05, 3.63) is 53.6 Å². The normalized spacial score (nSPS) is 10.1. The molecule has 0 heterocycles. The summed E-state index contributed by atoms with van der Waals surface area (Å²) in [5.74, 6) is 0.684. The maximum Gasteiger partial charge on any atom is 0.224 e. The Morgan fingerprint density at radius 2 is 1.79 bits per heavy atom. The minimum Gasteiger partial charge on any atom is -0.497 e. The number of aryl methyl sites for hydroxylation is 1. The van der Waals surface area contributed by atoms with Crippen LogP contribution in [0.5, 0.6) is 11.5 Å². The van der Waals surface area contributed by atoms with Gasteiger partial charge >= 0.3 is 0 Å². The van der Waals surface area contributed by atoms with E-state index in [9.17, 15) is 9.59 Å². The number of methoxy groups -OCH3 is 2. The molecule has 5 nitrogen and oxygen atoms in total. The van der Waals surface area contributed by atoms with Gasteiger partial charge in [-0.1, -0.05) is 12.1 Å². The summed E-state index contributed by atoms with van der Waals surface area (Å²) in [6.45, 7) is 1.95. The lowest BCUT2D eigenvalue weighted by Gasteiger charge is -2.10. The molecular formula is C19H21NO4. The quantitative estimate of drug-likeness (QED) is 0.789. The van der Waals surface area contributed by atoms with Gasteiger partial charge in [0, 0.05) is 18.5 Å². The van der Waals surface area contributed by atoms with E-state index in [2.05, 4.69) is 5.32 Å². The highest BCUT2D eigenvalue weighted by atomic mass is 16.5. The molecule has 0 aliphatic rings. The summed E-state index contributed by atoms with van der Waals surface area (Å²) in [5.41, 5.74) is 2.21. The second-order valence-electron chi connectivity index (χ2n) is 5.41. The first-order valence-corrected chi connectivity index (χ1v) is 7.65. The molecule has 5 heteroatoms. The summed E-state index contributed by atoms with van der Waals surface area (Å²) >= 11 is 0. The van der Waals surface area contributed by atoms with E-state index in [1.807, 2.05) is 31.2 Å². The molecular weight excluding hydrogens is 306 g/mol. The van der Waals surface area contributed by atoms with Gasteiger partial charge in [-0.3, -0.25) is 9.59 Å². The van der Waals surface area contributed by atoms with E-state index >= 15 is 0 Å². The largest absolute Gasteiger partial charge is 0.497 e. The van der Waals surface area contributed by atoms with E-state index in [-0.39, 0.29) is 24.5 Å². The third-order valence-corrected chi connectivity index (χ3v) is 3.59. The van der Waals surface area contributed by atoms with Crippen molar-refractivity contribution < 1.29 is 19.1 Å². The average Bonchev–Trinajstić information content (AvgIpc) is 2.59. The van der Waals surface area contributed by atoms with Gasteiger partial charge in [0.1, 0.15) is 11.5 Å². The number of hydrogen-bond acceptors (Lipinski definition) is 4. The van der Waals surface area contributed by atoms with Gasteiger partial charge in [0.15, 0.2) is 5.78 Å². The lowest BCUT2D eigenvalue weighted by atomic mass is 10.0. The summed E-state index contributed by atoms with van der Waals surface area (Å²) in [5, 5.41) is 2.79. The molecule has 0 saturated carbocycles. The van der Waals surface area contributed by atoms with Crippen LogP contribution in [0.2, 0.25) is 0 Å². The van der Waals surface area contributed by atoms with E-state index in [0.717, 1.165) is 11.3 Å². The molecule has 1 N–H and O–H groups in total. The number of ketones is 1. The van der Waals surface area contributed by atoms with E-state index < -0.39 is 0 Å². The maximum atomic E-state index is 12.4. The van der Waals surface area contributed by atoms with Crippen molar-refractivity contribution in [1.82, 2.24) is 0 Å². The smallest absolute Gasteiger partial charge is 0.224 e. The van der Waals surface area contributed by atoms with Gasteiger partial charge in [0.25, 0.3) is 0 Å². The summed E-state index contributed by atoms with van der Waals surface area (Å²) in [7, 11) is 3.04. The van der Waals surface area contributed by atoms with E-state index in [1.54, 1.807) is 18.2 Å². The number of ether oxygens (including phenoxy) is 2. The molecule has 0 radical (unpaired) electrons. The molecule has 0 aliphatic heterocycles. The highest BCUT2D eigenvalue weighted by molar-refractivity contribution is 6.02. The SMILES string of the molecule is COc1ccc(OC)c(C(=O)CCC(=O)Nc2cccc(C)c2)c1. The number of hydrogen-bond donors (Lipinski definition) is 1. The van der Waals surface area contributed by atoms with Crippen molar-refractivity contribution in [3.63, 3.8) is 0 Å². The van der Waals surface area contributed by atoms with Crippen molar-refractivity contribution in [2.75, 3.05) is 19.5 Å². The molecule has 2 rings (SSSR count). The number of benzene rings is 2. The number of carbonyl (C=O) groups excluding carboxylic acids is 2. The maximum absolute atomic E-state index is 12.4. The van der Waals surface area contributed by atoms with Crippen LogP contribution in [0.3, 0.4) is 0 Å².